The lowest BCUT2D eigenvalue weighted by atomic mass is 9.54. The highest BCUT2D eigenvalue weighted by Gasteiger charge is 2.68. The lowest BCUT2D eigenvalue weighted by Crippen LogP contribution is -2.43. The van der Waals surface area contributed by atoms with Crippen LogP contribution in [0, 0.1) is 23.7 Å². The van der Waals surface area contributed by atoms with Crippen molar-refractivity contribution in [3.05, 3.63) is 144 Å². The SMILES string of the molecule is c1ccc([C@@H]2[C@H]3C[N+]4(C[C@H]3[C@@H]2c2ccccc2)C[C@@H]2[C@H](C4)[C@@H](c3ccccc3)[C@H]2c2ccccc2)cc1. The maximum atomic E-state index is 2.39. The molecule has 0 unspecified atom stereocenters. The van der Waals surface area contributed by atoms with E-state index in [2.05, 4.69) is 121 Å². The lowest BCUT2D eigenvalue weighted by Gasteiger charge is -2.47. The van der Waals surface area contributed by atoms with E-state index in [9.17, 15) is 0 Å². The Kier molecular flexibility index (Phi) is 4.99. The molecule has 2 aliphatic carbocycles. The minimum Gasteiger partial charge on any atom is -0.323 e. The van der Waals surface area contributed by atoms with E-state index in [-0.39, 0.29) is 0 Å². The summed E-state index contributed by atoms with van der Waals surface area (Å²) >= 11 is 0. The molecular weight excluding hydrogens is 446 g/mol. The van der Waals surface area contributed by atoms with Crippen LogP contribution in [0.1, 0.15) is 45.9 Å². The first-order valence-electron chi connectivity index (χ1n) is 14.4. The second-order valence-corrected chi connectivity index (χ2v) is 12.5. The van der Waals surface area contributed by atoms with E-state index in [1.165, 1.54) is 30.7 Å². The summed E-state index contributed by atoms with van der Waals surface area (Å²) < 4.78 is 1.37. The van der Waals surface area contributed by atoms with Crippen LogP contribution in [-0.4, -0.2) is 30.7 Å². The number of fused-ring (bicyclic) bond motifs is 2. The van der Waals surface area contributed by atoms with Crippen molar-refractivity contribution in [2.24, 2.45) is 23.7 Å². The molecule has 1 heteroatoms. The molecule has 184 valence electrons. The normalized spacial score (nSPS) is 34.8. The molecule has 4 fully saturated rings. The fourth-order valence-corrected chi connectivity index (χ4v) is 9.59. The molecule has 2 heterocycles. The summed E-state index contributed by atoms with van der Waals surface area (Å²) in [6.45, 7) is 5.51. The molecule has 8 rings (SSSR count). The van der Waals surface area contributed by atoms with Gasteiger partial charge in [0, 0.05) is 23.7 Å². The quantitative estimate of drug-likeness (QED) is 0.265. The molecule has 0 bridgehead atoms. The first-order chi connectivity index (χ1) is 18.3. The Morgan fingerprint density at radius 2 is 0.541 bits per heavy atom. The van der Waals surface area contributed by atoms with Crippen LogP contribution >= 0.6 is 0 Å². The fraction of sp³-hybridized carbons (Fsp3) is 0.333. The number of benzene rings is 4. The Hall–Kier alpha value is -3.16. The summed E-state index contributed by atoms with van der Waals surface area (Å²) in [6.07, 6.45) is 0. The Morgan fingerprint density at radius 1 is 0.324 bits per heavy atom. The first-order valence-corrected chi connectivity index (χ1v) is 14.4. The Bertz CT molecular complexity index is 1150. The molecule has 0 radical (unpaired) electrons. The van der Waals surface area contributed by atoms with Crippen molar-refractivity contribution in [3.63, 3.8) is 0 Å². The highest BCUT2D eigenvalue weighted by molar-refractivity contribution is 5.38. The van der Waals surface area contributed by atoms with E-state index in [1.807, 2.05) is 0 Å². The minimum atomic E-state index is 0.666. The van der Waals surface area contributed by atoms with Crippen LogP contribution < -0.4 is 0 Å². The van der Waals surface area contributed by atoms with Gasteiger partial charge in [-0.25, -0.2) is 0 Å². The summed E-state index contributed by atoms with van der Waals surface area (Å²) in [5, 5.41) is 0. The molecule has 37 heavy (non-hydrogen) atoms. The molecule has 2 saturated carbocycles. The molecular formula is C36H36N+. The third-order valence-corrected chi connectivity index (χ3v) is 10.8. The molecule has 2 aliphatic heterocycles. The predicted molar refractivity (Wildman–Crippen MR) is 150 cm³/mol. The molecule has 4 aromatic rings. The van der Waals surface area contributed by atoms with Gasteiger partial charge in [-0.1, -0.05) is 121 Å². The van der Waals surface area contributed by atoms with Crippen LogP contribution in [0.5, 0.6) is 0 Å². The zero-order chi connectivity index (χ0) is 24.4. The van der Waals surface area contributed by atoms with Crippen molar-refractivity contribution in [3.8, 4) is 0 Å². The van der Waals surface area contributed by atoms with Crippen LogP contribution in [-0.2, 0) is 0 Å². The maximum Gasteiger partial charge on any atom is 0.0826 e. The smallest absolute Gasteiger partial charge is 0.0826 e. The summed E-state index contributed by atoms with van der Waals surface area (Å²) in [5.74, 6) is 5.92. The molecule has 8 atom stereocenters. The van der Waals surface area contributed by atoms with Gasteiger partial charge in [0.1, 0.15) is 0 Å². The van der Waals surface area contributed by atoms with Gasteiger partial charge in [-0.3, -0.25) is 0 Å². The van der Waals surface area contributed by atoms with Gasteiger partial charge in [0.05, 0.1) is 26.2 Å². The third-order valence-electron chi connectivity index (χ3n) is 10.8. The topological polar surface area (TPSA) is 0 Å². The average molecular weight is 483 g/mol. The van der Waals surface area contributed by atoms with Gasteiger partial charge < -0.3 is 4.48 Å². The second-order valence-electron chi connectivity index (χ2n) is 12.5. The standard InChI is InChI=1S/C36H36N/c1-5-13-25(14-6-1)33-29-21-37(22-30(29)34(33)26-15-7-2-8-16-26)23-31-32(24-37)36(28-19-11-4-12-20-28)35(31)27-17-9-3-10-18-27/h1-20,29-36H,21-24H2/q+1/t29-,30+,31-,32+,33+,34-,35+,36-,37?. The highest BCUT2D eigenvalue weighted by Crippen LogP contribution is 2.67. The number of nitrogens with zero attached hydrogens (tertiary/aromatic N) is 1. The largest absolute Gasteiger partial charge is 0.323 e. The molecule has 2 saturated heterocycles. The van der Waals surface area contributed by atoms with Crippen molar-refractivity contribution in [2.45, 2.75) is 23.7 Å². The van der Waals surface area contributed by atoms with Gasteiger partial charge >= 0.3 is 0 Å². The van der Waals surface area contributed by atoms with E-state index in [0.717, 1.165) is 23.7 Å². The van der Waals surface area contributed by atoms with Crippen molar-refractivity contribution >= 4 is 0 Å². The molecule has 1 spiro atoms. The first kappa shape index (κ1) is 21.9. The molecule has 1 nitrogen and oxygen atoms in total. The zero-order valence-corrected chi connectivity index (χ0v) is 21.4. The van der Waals surface area contributed by atoms with Gasteiger partial charge in [0.25, 0.3) is 0 Å². The number of hydrogen-bond donors (Lipinski definition) is 0. The van der Waals surface area contributed by atoms with E-state index in [4.69, 9.17) is 0 Å². The molecule has 4 aliphatic rings. The van der Waals surface area contributed by atoms with E-state index in [1.54, 1.807) is 22.3 Å². The van der Waals surface area contributed by atoms with Crippen LogP contribution in [0.2, 0.25) is 0 Å². The van der Waals surface area contributed by atoms with Crippen molar-refractivity contribution < 1.29 is 4.48 Å². The highest BCUT2D eigenvalue weighted by atomic mass is 15.4. The van der Waals surface area contributed by atoms with E-state index < -0.39 is 0 Å². The predicted octanol–water partition coefficient (Wildman–Crippen LogP) is 7.46. The number of rotatable bonds is 4. The van der Waals surface area contributed by atoms with Gasteiger partial charge in [-0.05, 0) is 45.9 Å². The van der Waals surface area contributed by atoms with Gasteiger partial charge in [0.15, 0.2) is 0 Å². The second kappa shape index (κ2) is 8.43. The van der Waals surface area contributed by atoms with Crippen molar-refractivity contribution in [1.82, 2.24) is 0 Å². The van der Waals surface area contributed by atoms with Crippen LogP contribution in [0.15, 0.2) is 121 Å². The number of quaternary nitrogens is 1. The maximum absolute atomic E-state index is 2.39. The molecule has 4 aromatic carbocycles. The van der Waals surface area contributed by atoms with Gasteiger partial charge in [-0.2, -0.15) is 0 Å². The summed E-state index contributed by atoms with van der Waals surface area (Å²) in [5.41, 5.74) is 6.24. The zero-order valence-electron chi connectivity index (χ0n) is 21.4. The molecule has 0 N–H and O–H groups in total. The minimum absolute atomic E-state index is 0.666. The van der Waals surface area contributed by atoms with Crippen LogP contribution in [0.3, 0.4) is 0 Å². The summed E-state index contributed by atoms with van der Waals surface area (Å²) in [7, 11) is 0. The fourth-order valence-electron chi connectivity index (χ4n) is 9.59. The van der Waals surface area contributed by atoms with Crippen molar-refractivity contribution in [1.29, 1.82) is 0 Å². The van der Waals surface area contributed by atoms with Crippen molar-refractivity contribution in [2.75, 3.05) is 26.2 Å². The molecule has 0 aromatic heterocycles. The van der Waals surface area contributed by atoms with E-state index >= 15 is 0 Å². The summed E-state index contributed by atoms with van der Waals surface area (Å²) in [6, 6.07) is 45.8. The van der Waals surface area contributed by atoms with Crippen LogP contribution in [0.25, 0.3) is 0 Å². The van der Waals surface area contributed by atoms with Gasteiger partial charge in [0.2, 0.25) is 0 Å². The monoisotopic (exact) mass is 482 g/mol. The number of hydrogen-bond acceptors (Lipinski definition) is 0. The summed E-state index contributed by atoms with van der Waals surface area (Å²) in [4.78, 5) is 0. The average Bonchev–Trinajstić information content (AvgIpc) is 3.42. The Labute approximate surface area is 221 Å². The lowest BCUT2D eigenvalue weighted by molar-refractivity contribution is -0.909. The van der Waals surface area contributed by atoms with E-state index in [0.29, 0.717) is 23.7 Å². The van der Waals surface area contributed by atoms with Gasteiger partial charge in [-0.15, -0.1) is 0 Å². The van der Waals surface area contributed by atoms with Crippen LogP contribution in [0.4, 0.5) is 0 Å². The Morgan fingerprint density at radius 3 is 0.757 bits per heavy atom. The Balaban J connectivity index is 1.13. The molecule has 0 amide bonds. The third kappa shape index (κ3) is 3.33.